The van der Waals surface area contributed by atoms with Gasteiger partial charge in [0.1, 0.15) is 0 Å². The van der Waals surface area contributed by atoms with E-state index >= 15 is 0 Å². The summed E-state index contributed by atoms with van der Waals surface area (Å²) in [6.07, 6.45) is 0. The quantitative estimate of drug-likeness (QED) is 0.549. The third-order valence-corrected chi connectivity index (χ3v) is 8.68. The number of nitrogens with one attached hydrogen (secondary N) is 1. The minimum absolute atomic E-state index is 0.0211. The highest BCUT2D eigenvalue weighted by Gasteiger charge is 2.30. The van der Waals surface area contributed by atoms with Crippen molar-refractivity contribution in [3.8, 4) is 0 Å². The second-order valence-electron chi connectivity index (χ2n) is 7.52. The highest BCUT2D eigenvalue weighted by Crippen LogP contribution is 2.35. The summed E-state index contributed by atoms with van der Waals surface area (Å²) >= 11 is 1.54. The highest BCUT2D eigenvalue weighted by molar-refractivity contribution is 7.99. The number of nitro groups is 1. The molecular formula is C20H22N4O5S2. The molecule has 1 N–H and O–H groups in total. The summed E-state index contributed by atoms with van der Waals surface area (Å²) in [5, 5.41) is 13.6. The van der Waals surface area contributed by atoms with Crippen molar-refractivity contribution in [2.45, 2.75) is 16.7 Å². The van der Waals surface area contributed by atoms with Gasteiger partial charge in [-0.25, -0.2) is 8.42 Å². The molecule has 0 saturated carbocycles. The normalized spacial score (nSPS) is 20.0. The number of hydrogen-bond donors (Lipinski definition) is 1. The third-order valence-electron chi connectivity index (χ3n) is 5.45. The van der Waals surface area contributed by atoms with Crippen LogP contribution < -0.4 is 10.2 Å². The minimum Gasteiger partial charge on any atom is -0.369 e. The van der Waals surface area contributed by atoms with Crippen molar-refractivity contribution >= 4 is 44.8 Å². The number of anilines is 2. The van der Waals surface area contributed by atoms with Gasteiger partial charge in [-0.1, -0.05) is 6.92 Å². The molecule has 1 atom stereocenters. The van der Waals surface area contributed by atoms with Gasteiger partial charge in [-0.05, 0) is 30.3 Å². The summed E-state index contributed by atoms with van der Waals surface area (Å²) in [7, 11) is -3.71. The molecule has 2 aliphatic rings. The van der Waals surface area contributed by atoms with E-state index in [1.165, 1.54) is 34.3 Å². The van der Waals surface area contributed by atoms with Crippen LogP contribution in [0.2, 0.25) is 0 Å². The van der Waals surface area contributed by atoms with E-state index in [9.17, 15) is 23.3 Å². The zero-order valence-electron chi connectivity index (χ0n) is 16.9. The van der Waals surface area contributed by atoms with Crippen LogP contribution in [-0.4, -0.2) is 55.5 Å². The number of rotatable bonds is 4. The van der Waals surface area contributed by atoms with E-state index in [1.54, 1.807) is 24.3 Å². The first-order valence-electron chi connectivity index (χ1n) is 9.83. The Labute approximate surface area is 184 Å². The van der Waals surface area contributed by atoms with Gasteiger partial charge in [0.2, 0.25) is 15.9 Å². The molecule has 1 fully saturated rings. The molecule has 11 heteroatoms. The van der Waals surface area contributed by atoms with Gasteiger partial charge in [0.15, 0.2) is 0 Å². The number of nitrogens with zero attached hydrogens (tertiary/aromatic N) is 3. The van der Waals surface area contributed by atoms with Gasteiger partial charge in [-0.3, -0.25) is 14.9 Å². The third kappa shape index (κ3) is 4.39. The molecular weight excluding hydrogens is 440 g/mol. The fraction of sp³-hybridized carbons (Fsp3) is 0.350. The Hall–Kier alpha value is -2.63. The topological polar surface area (TPSA) is 113 Å². The largest absolute Gasteiger partial charge is 0.369 e. The smallest absolute Gasteiger partial charge is 0.269 e. The maximum absolute atomic E-state index is 13.2. The molecule has 0 aromatic heterocycles. The Bertz CT molecular complexity index is 1110. The number of nitro benzene ring substituents is 1. The second kappa shape index (κ2) is 8.48. The summed E-state index contributed by atoms with van der Waals surface area (Å²) in [5.74, 6) is 0.387. The maximum Gasteiger partial charge on any atom is 0.269 e. The average molecular weight is 463 g/mol. The lowest BCUT2D eigenvalue weighted by Gasteiger charge is -2.35. The highest BCUT2D eigenvalue weighted by atomic mass is 32.2. The molecule has 2 aliphatic heterocycles. The molecule has 4 rings (SSSR count). The van der Waals surface area contributed by atoms with E-state index in [4.69, 9.17) is 0 Å². The Morgan fingerprint density at radius 3 is 2.42 bits per heavy atom. The molecule has 0 radical (unpaired) electrons. The van der Waals surface area contributed by atoms with Crippen molar-refractivity contribution < 1.29 is 18.1 Å². The Morgan fingerprint density at radius 1 is 1.10 bits per heavy atom. The van der Waals surface area contributed by atoms with Crippen LogP contribution in [0.4, 0.5) is 17.1 Å². The first-order chi connectivity index (χ1) is 14.8. The number of amides is 1. The summed E-state index contributed by atoms with van der Waals surface area (Å²) in [6, 6.07) is 11.1. The SMILES string of the molecule is CC1CSc2ccc(S(=O)(=O)N3CCN(c4ccc([N+](=O)[O-])cc4)CC3)cc2NC1=O. The number of hydrogen-bond acceptors (Lipinski definition) is 7. The second-order valence-corrected chi connectivity index (χ2v) is 10.5. The zero-order valence-corrected chi connectivity index (χ0v) is 18.5. The van der Waals surface area contributed by atoms with Crippen molar-refractivity contribution in [2.24, 2.45) is 5.92 Å². The summed E-state index contributed by atoms with van der Waals surface area (Å²) < 4.78 is 27.8. The number of benzene rings is 2. The van der Waals surface area contributed by atoms with Crippen LogP contribution in [0.1, 0.15) is 6.92 Å². The lowest BCUT2D eigenvalue weighted by Crippen LogP contribution is -2.48. The van der Waals surface area contributed by atoms with E-state index in [0.29, 0.717) is 37.6 Å². The van der Waals surface area contributed by atoms with E-state index in [-0.39, 0.29) is 22.4 Å². The van der Waals surface area contributed by atoms with Gasteiger partial charge in [0, 0.05) is 60.6 Å². The summed E-state index contributed by atoms with van der Waals surface area (Å²) in [4.78, 5) is 25.5. The van der Waals surface area contributed by atoms with Crippen LogP contribution in [-0.2, 0) is 14.8 Å². The molecule has 31 heavy (non-hydrogen) atoms. The fourth-order valence-electron chi connectivity index (χ4n) is 3.56. The van der Waals surface area contributed by atoms with Crippen molar-refractivity contribution in [3.05, 3.63) is 52.6 Å². The Kier molecular flexibility index (Phi) is 5.91. The van der Waals surface area contributed by atoms with Crippen LogP contribution in [0.3, 0.4) is 0 Å². The average Bonchev–Trinajstić information content (AvgIpc) is 2.91. The molecule has 0 aliphatic carbocycles. The van der Waals surface area contributed by atoms with E-state index < -0.39 is 14.9 Å². The summed E-state index contributed by atoms with van der Waals surface area (Å²) in [5.41, 5.74) is 1.37. The maximum atomic E-state index is 13.2. The van der Waals surface area contributed by atoms with E-state index in [1.807, 2.05) is 11.8 Å². The monoisotopic (exact) mass is 462 g/mol. The fourth-order valence-corrected chi connectivity index (χ4v) is 6.02. The number of sulfonamides is 1. The standard InChI is InChI=1S/C20H22N4O5S2/c1-14-13-30-19-7-6-17(12-18(19)21-20(14)25)31(28,29)23-10-8-22(9-11-23)15-2-4-16(5-3-15)24(26)27/h2-7,12,14H,8-11,13H2,1H3,(H,21,25). The molecule has 2 aromatic rings. The van der Waals surface area contributed by atoms with Gasteiger partial charge < -0.3 is 10.2 Å². The molecule has 2 heterocycles. The molecule has 9 nitrogen and oxygen atoms in total. The number of fused-ring (bicyclic) bond motifs is 1. The van der Waals surface area contributed by atoms with Crippen LogP contribution in [0.25, 0.3) is 0 Å². The summed E-state index contributed by atoms with van der Waals surface area (Å²) in [6.45, 7) is 3.40. The van der Waals surface area contributed by atoms with Crippen molar-refractivity contribution in [2.75, 3.05) is 42.1 Å². The lowest BCUT2D eigenvalue weighted by atomic mass is 10.2. The van der Waals surface area contributed by atoms with E-state index in [2.05, 4.69) is 5.32 Å². The molecule has 1 unspecified atom stereocenters. The van der Waals surface area contributed by atoms with Gasteiger partial charge in [0.25, 0.3) is 5.69 Å². The van der Waals surface area contributed by atoms with Crippen LogP contribution in [0, 0.1) is 16.0 Å². The van der Waals surface area contributed by atoms with Crippen LogP contribution in [0.15, 0.2) is 52.3 Å². The van der Waals surface area contributed by atoms with Gasteiger partial charge in [0.05, 0.1) is 15.5 Å². The first-order valence-corrected chi connectivity index (χ1v) is 12.3. The van der Waals surface area contributed by atoms with Gasteiger partial charge >= 0.3 is 0 Å². The number of piperazine rings is 1. The van der Waals surface area contributed by atoms with Crippen LogP contribution in [0.5, 0.6) is 0 Å². The predicted octanol–water partition coefficient (Wildman–Crippen LogP) is 2.79. The lowest BCUT2D eigenvalue weighted by molar-refractivity contribution is -0.384. The first kappa shape index (κ1) is 21.6. The zero-order chi connectivity index (χ0) is 22.2. The Balaban J connectivity index is 1.47. The van der Waals surface area contributed by atoms with Crippen molar-refractivity contribution in [1.29, 1.82) is 0 Å². The Morgan fingerprint density at radius 2 is 1.77 bits per heavy atom. The number of thioether (sulfide) groups is 1. The number of non-ortho nitro benzene ring substituents is 1. The molecule has 164 valence electrons. The molecule has 0 bridgehead atoms. The number of carbonyl (C=O) groups excluding carboxylic acids is 1. The molecule has 1 saturated heterocycles. The molecule has 1 amide bonds. The predicted molar refractivity (Wildman–Crippen MR) is 119 cm³/mol. The molecule has 0 spiro atoms. The van der Waals surface area contributed by atoms with E-state index in [0.717, 1.165) is 10.6 Å². The van der Waals surface area contributed by atoms with Crippen molar-refractivity contribution in [1.82, 2.24) is 4.31 Å². The van der Waals surface area contributed by atoms with Crippen LogP contribution >= 0.6 is 11.8 Å². The van der Waals surface area contributed by atoms with Gasteiger partial charge in [-0.2, -0.15) is 4.31 Å². The molecule has 2 aromatic carbocycles. The van der Waals surface area contributed by atoms with Gasteiger partial charge in [-0.15, -0.1) is 11.8 Å². The van der Waals surface area contributed by atoms with Crippen molar-refractivity contribution in [3.63, 3.8) is 0 Å². The number of carbonyl (C=O) groups is 1. The minimum atomic E-state index is -3.71.